The topological polar surface area (TPSA) is 96.4 Å². The first-order valence-corrected chi connectivity index (χ1v) is 20.4. The van der Waals surface area contributed by atoms with E-state index in [9.17, 15) is 19.5 Å². The average molecular weight is 774 g/mol. The van der Waals surface area contributed by atoms with Gasteiger partial charge in [0.25, 0.3) is 11.8 Å². The van der Waals surface area contributed by atoms with Crippen LogP contribution in [0, 0.1) is 12.8 Å². The number of benzene rings is 4. The number of anilines is 2. The molecule has 5 aliphatic rings. The van der Waals surface area contributed by atoms with Crippen LogP contribution in [0.15, 0.2) is 84.9 Å². The van der Waals surface area contributed by atoms with Crippen molar-refractivity contribution in [1.29, 1.82) is 0 Å². The first-order valence-electron chi connectivity index (χ1n) is 20.4. The van der Waals surface area contributed by atoms with Crippen LogP contribution in [0.5, 0.6) is 5.75 Å². The van der Waals surface area contributed by atoms with Gasteiger partial charge in [-0.25, -0.2) is 8.78 Å². The van der Waals surface area contributed by atoms with Gasteiger partial charge in [-0.05, 0) is 102 Å². The number of fused-ring (bicyclic) bond motifs is 2. The van der Waals surface area contributed by atoms with E-state index in [0.717, 1.165) is 92.3 Å². The monoisotopic (exact) mass is 773 g/mol. The Labute approximate surface area is 332 Å². The molecule has 4 aromatic rings. The Balaban J connectivity index is 0.800. The van der Waals surface area contributed by atoms with Crippen molar-refractivity contribution in [2.24, 2.45) is 5.92 Å². The number of amides is 3. The largest absolute Gasteiger partial charge is 0.508 e. The number of hydrogen-bond acceptors (Lipinski definition) is 7. The molecule has 57 heavy (non-hydrogen) atoms. The highest BCUT2D eigenvalue weighted by Crippen LogP contribution is 2.55. The summed E-state index contributed by atoms with van der Waals surface area (Å²) in [5.74, 6) is -4.06. The van der Waals surface area contributed by atoms with Crippen LogP contribution in [0.4, 0.5) is 20.2 Å². The molecule has 11 heteroatoms. The molecule has 4 heterocycles. The van der Waals surface area contributed by atoms with Crippen LogP contribution in [0.1, 0.15) is 87.7 Å². The van der Waals surface area contributed by atoms with Crippen molar-refractivity contribution < 1.29 is 28.3 Å². The maximum atomic E-state index is 15.7. The molecule has 1 aliphatic carbocycles. The van der Waals surface area contributed by atoms with E-state index in [1.807, 2.05) is 43.3 Å². The number of piperazine rings is 1. The van der Waals surface area contributed by atoms with Gasteiger partial charge >= 0.3 is 0 Å². The summed E-state index contributed by atoms with van der Waals surface area (Å²) in [7, 11) is 0. The number of imide groups is 1. The normalized spacial score (nSPS) is 24.0. The van der Waals surface area contributed by atoms with Crippen LogP contribution in [0.3, 0.4) is 0 Å². The molecular formula is C46H49F2N5O4. The molecule has 0 radical (unpaired) electrons. The summed E-state index contributed by atoms with van der Waals surface area (Å²) in [5.41, 5.74) is 7.28. The molecule has 0 aromatic heterocycles. The molecule has 4 aliphatic heterocycles. The van der Waals surface area contributed by atoms with Crippen molar-refractivity contribution in [3.63, 3.8) is 0 Å². The van der Waals surface area contributed by atoms with E-state index >= 15 is 8.78 Å². The molecule has 3 fully saturated rings. The Morgan fingerprint density at radius 2 is 1.51 bits per heavy atom. The smallest absolute Gasteiger partial charge is 0.274 e. The van der Waals surface area contributed by atoms with Gasteiger partial charge in [0.2, 0.25) is 11.8 Å². The zero-order chi connectivity index (χ0) is 39.4. The number of carbonyl (C=O) groups is 3. The third-order valence-electron chi connectivity index (χ3n) is 13.2. The fourth-order valence-electron chi connectivity index (χ4n) is 10.1. The van der Waals surface area contributed by atoms with Crippen molar-refractivity contribution >= 4 is 29.1 Å². The number of phenols is 1. The highest BCUT2D eigenvalue weighted by molar-refractivity contribution is 6.05. The molecule has 3 amide bonds. The molecule has 0 bridgehead atoms. The third-order valence-corrected chi connectivity index (χ3v) is 13.2. The maximum absolute atomic E-state index is 15.7. The SMILES string of the molecule is Cc1ccccc1[C@@H]1CC(F)(F)c2cc(O)ccc2[C@@H]1c1ccc(N2CCC(CN3CCN(c4ccc5c(c4)CN([C@H]4CCC(=O)NC4=O)C5=O)CC3)CC2)cc1. The lowest BCUT2D eigenvalue weighted by molar-refractivity contribution is -0.136. The van der Waals surface area contributed by atoms with Crippen LogP contribution >= 0.6 is 0 Å². The van der Waals surface area contributed by atoms with Gasteiger partial charge in [0.1, 0.15) is 11.8 Å². The Morgan fingerprint density at radius 1 is 0.789 bits per heavy atom. The number of alkyl halides is 2. The van der Waals surface area contributed by atoms with Gasteiger partial charge in [-0.15, -0.1) is 0 Å². The molecular weight excluding hydrogens is 725 g/mol. The van der Waals surface area contributed by atoms with Gasteiger partial charge in [-0.3, -0.25) is 24.6 Å². The minimum Gasteiger partial charge on any atom is -0.508 e. The third kappa shape index (κ3) is 7.15. The van der Waals surface area contributed by atoms with Gasteiger partial charge in [-0.2, -0.15) is 0 Å². The number of aryl methyl sites for hydroxylation is 1. The lowest BCUT2D eigenvalue weighted by Crippen LogP contribution is -2.52. The number of nitrogens with zero attached hydrogens (tertiary/aromatic N) is 4. The summed E-state index contributed by atoms with van der Waals surface area (Å²) in [6, 6.07) is 26.2. The summed E-state index contributed by atoms with van der Waals surface area (Å²) < 4.78 is 31.4. The van der Waals surface area contributed by atoms with Gasteiger partial charge in [0.05, 0.1) is 0 Å². The predicted molar refractivity (Wildman–Crippen MR) is 215 cm³/mol. The van der Waals surface area contributed by atoms with Gasteiger partial charge < -0.3 is 19.8 Å². The van der Waals surface area contributed by atoms with E-state index < -0.39 is 17.9 Å². The number of phenolic OH excluding ortho intramolecular Hbond substituents is 1. The summed E-state index contributed by atoms with van der Waals surface area (Å²) >= 11 is 0. The summed E-state index contributed by atoms with van der Waals surface area (Å²) in [6.45, 7) is 9.14. The Kier molecular flexibility index (Phi) is 9.75. The molecule has 9 nitrogen and oxygen atoms in total. The molecule has 0 saturated carbocycles. The van der Waals surface area contributed by atoms with Crippen LogP contribution in [-0.4, -0.2) is 84.5 Å². The highest BCUT2D eigenvalue weighted by Gasteiger charge is 2.47. The Morgan fingerprint density at radius 3 is 2.25 bits per heavy atom. The van der Waals surface area contributed by atoms with Crippen LogP contribution < -0.4 is 15.1 Å². The van der Waals surface area contributed by atoms with Crippen LogP contribution in [0.25, 0.3) is 0 Å². The zero-order valence-electron chi connectivity index (χ0n) is 32.3. The van der Waals surface area contributed by atoms with E-state index in [4.69, 9.17) is 0 Å². The second-order valence-corrected chi connectivity index (χ2v) is 16.7. The summed E-state index contributed by atoms with van der Waals surface area (Å²) in [6.07, 6.45) is 2.50. The van der Waals surface area contributed by atoms with E-state index in [1.54, 1.807) is 11.0 Å². The minimum atomic E-state index is -3.05. The second kappa shape index (κ2) is 14.9. The number of piperidine rings is 2. The van der Waals surface area contributed by atoms with Crippen LogP contribution in [-0.2, 0) is 22.1 Å². The number of halogens is 2. The highest BCUT2D eigenvalue weighted by atomic mass is 19.3. The van der Waals surface area contributed by atoms with E-state index in [0.29, 0.717) is 30.0 Å². The molecule has 3 atom stereocenters. The van der Waals surface area contributed by atoms with E-state index in [1.165, 1.54) is 12.1 Å². The number of aromatic hydroxyl groups is 1. The molecule has 3 saturated heterocycles. The molecule has 296 valence electrons. The number of hydrogen-bond donors (Lipinski definition) is 2. The molecule has 2 N–H and O–H groups in total. The quantitative estimate of drug-likeness (QED) is 0.197. The predicted octanol–water partition coefficient (Wildman–Crippen LogP) is 6.91. The average Bonchev–Trinajstić information content (AvgIpc) is 3.53. The van der Waals surface area contributed by atoms with Crippen LogP contribution in [0.2, 0.25) is 0 Å². The van der Waals surface area contributed by atoms with Gasteiger partial charge in [0, 0.05) is 99.5 Å². The number of carbonyl (C=O) groups excluding carboxylic acids is 3. The fourth-order valence-corrected chi connectivity index (χ4v) is 10.1. The zero-order valence-corrected chi connectivity index (χ0v) is 32.3. The molecule has 0 unspecified atom stereocenters. The minimum absolute atomic E-state index is 0.0779. The fraction of sp³-hybridized carbons (Fsp3) is 0.413. The van der Waals surface area contributed by atoms with E-state index in [-0.39, 0.29) is 47.8 Å². The van der Waals surface area contributed by atoms with Crippen molar-refractivity contribution in [1.82, 2.24) is 15.1 Å². The molecule has 4 aromatic carbocycles. The lowest BCUT2D eigenvalue weighted by Gasteiger charge is -2.40. The van der Waals surface area contributed by atoms with Gasteiger partial charge in [0.15, 0.2) is 0 Å². The number of nitrogens with one attached hydrogen (secondary N) is 1. The Hall–Kier alpha value is -5.29. The molecule has 9 rings (SSSR count). The maximum Gasteiger partial charge on any atom is 0.274 e. The van der Waals surface area contributed by atoms with Crippen molar-refractivity contribution in [2.75, 3.05) is 55.6 Å². The standard InChI is InChI=1S/C46H49F2N5O4/c1-29-4-2-3-5-36(29)39-26-46(47,48)40-25-35(54)11-13-38(40)43(39)31-6-8-33(9-7-31)51-18-16-30(17-19-51)27-50-20-22-52(23-21-50)34-10-12-37-32(24-34)28-53(45(37)57)41-14-15-42(55)49-44(41)56/h2-13,24-25,30,39,41,43,54H,14-23,26-28H2,1H3,(H,49,55,56)/t39-,41-,43-/m0/s1. The van der Waals surface area contributed by atoms with Gasteiger partial charge in [-0.1, -0.05) is 42.5 Å². The number of rotatable bonds is 7. The van der Waals surface area contributed by atoms with Crippen molar-refractivity contribution in [3.05, 3.63) is 124 Å². The first kappa shape index (κ1) is 37.3. The Bertz CT molecular complexity index is 2200. The summed E-state index contributed by atoms with van der Waals surface area (Å²) in [4.78, 5) is 46.3. The molecule has 0 spiro atoms. The van der Waals surface area contributed by atoms with E-state index in [2.05, 4.69) is 50.3 Å². The van der Waals surface area contributed by atoms with Crippen molar-refractivity contribution in [3.8, 4) is 5.75 Å². The second-order valence-electron chi connectivity index (χ2n) is 16.7. The first-order chi connectivity index (χ1) is 27.5. The van der Waals surface area contributed by atoms with Crippen molar-refractivity contribution in [2.45, 2.75) is 69.4 Å². The lowest BCUT2D eigenvalue weighted by atomic mass is 9.67. The summed E-state index contributed by atoms with van der Waals surface area (Å²) in [5, 5.41) is 12.5.